The van der Waals surface area contributed by atoms with Crippen LogP contribution >= 0.6 is 15.9 Å². The topological polar surface area (TPSA) is 9.23 Å². The summed E-state index contributed by atoms with van der Waals surface area (Å²) in [4.78, 5) is 0. The standard InChI is InChI=1S/C14H12BrFO/c1-9-5-3-4-6-10(9)13-11(16)7-8-12(17-2)14(13)15/h3-8H,1-2H3. The molecule has 2 aromatic rings. The number of ether oxygens (including phenoxy) is 1. The van der Waals surface area contributed by atoms with E-state index in [4.69, 9.17) is 4.74 Å². The molecule has 17 heavy (non-hydrogen) atoms. The number of benzene rings is 2. The molecule has 0 unspecified atom stereocenters. The second-order valence-electron chi connectivity index (χ2n) is 3.75. The molecule has 0 heterocycles. The fourth-order valence-electron chi connectivity index (χ4n) is 1.79. The van der Waals surface area contributed by atoms with Crippen LogP contribution in [0.15, 0.2) is 40.9 Å². The van der Waals surface area contributed by atoms with Crippen LogP contribution in [0.2, 0.25) is 0 Å². The molecule has 0 bridgehead atoms. The molecule has 0 aliphatic rings. The molecule has 0 aromatic heterocycles. The highest BCUT2D eigenvalue weighted by Crippen LogP contribution is 2.38. The van der Waals surface area contributed by atoms with E-state index in [0.717, 1.165) is 11.1 Å². The lowest BCUT2D eigenvalue weighted by molar-refractivity contribution is 0.411. The summed E-state index contributed by atoms with van der Waals surface area (Å²) in [5.74, 6) is 0.372. The Balaban J connectivity index is 2.71. The third kappa shape index (κ3) is 2.20. The molecule has 2 rings (SSSR count). The molecular formula is C14H12BrFO. The van der Waals surface area contributed by atoms with Gasteiger partial charge in [0, 0.05) is 5.56 Å². The molecule has 1 nitrogen and oxygen atoms in total. The lowest BCUT2D eigenvalue weighted by Crippen LogP contribution is -1.93. The summed E-state index contributed by atoms with van der Waals surface area (Å²) in [5, 5.41) is 0. The molecule has 0 radical (unpaired) electrons. The Morgan fingerprint density at radius 1 is 1.12 bits per heavy atom. The van der Waals surface area contributed by atoms with Crippen molar-refractivity contribution in [3.05, 3.63) is 52.3 Å². The van der Waals surface area contributed by atoms with E-state index in [0.29, 0.717) is 15.8 Å². The van der Waals surface area contributed by atoms with Crippen LogP contribution in [0.3, 0.4) is 0 Å². The summed E-state index contributed by atoms with van der Waals surface area (Å²) < 4.78 is 19.8. The fraction of sp³-hybridized carbons (Fsp3) is 0.143. The molecule has 0 fully saturated rings. The lowest BCUT2D eigenvalue weighted by atomic mass is 10.00. The van der Waals surface area contributed by atoms with Crippen LogP contribution in [0.25, 0.3) is 11.1 Å². The van der Waals surface area contributed by atoms with Crippen LogP contribution in [0.5, 0.6) is 5.75 Å². The third-order valence-electron chi connectivity index (χ3n) is 2.69. The van der Waals surface area contributed by atoms with Gasteiger partial charge in [0.2, 0.25) is 0 Å². The predicted molar refractivity (Wildman–Crippen MR) is 70.8 cm³/mol. The van der Waals surface area contributed by atoms with Gasteiger partial charge in [-0.15, -0.1) is 0 Å². The lowest BCUT2D eigenvalue weighted by Gasteiger charge is -2.12. The highest BCUT2D eigenvalue weighted by Gasteiger charge is 2.15. The summed E-state index contributed by atoms with van der Waals surface area (Å²) in [5.41, 5.74) is 2.44. The molecule has 88 valence electrons. The van der Waals surface area contributed by atoms with E-state index in [1.54, 1.807) is 13.2 Å². The SMILES string of the molecule is COc1ccc(F)c(-c2ccccc2C)c1Br. The molecule has 0 saturated heterocycles. The third-order valence-corrected chi connectivity index (χ3v) is 3.48. The first-order chi connectivity index (χ1) is 8.15. The zero-order valence-corrected chi connectivity index (χ0v) is 11.2. The van der Waals surface area contributed by atoms with Crippen molar-refractivity contribution in [2.75, 3.05) is 7.11 Å². The Kier molecular flexibility index (Phi) is 3.48. The van der Waals surface area contributed by atoms with Crippen molar-refractivity contribution in [1.82, 2.24) is 0 Å². The van der Waals surface area contributed by atoms with E-state index >= 15 is 0 Å². The summed E-state index contributed by atoms with van der Waals surface area (Å²) in [6.45, 7) is 1.96. The van der Waals surface area contributed by atoms with E-state index in [1.165, 1.54) is 6.07 Å². The zero-order valence-electron chi connectivity index (χ0n) is 9.63. The Bertz CT molecular complexity index is 552. The highest BCUT2D eigenvalue weighted by atomic mass is 79.9. The first-order valence-corrected chi connectivity index (χ1v) is 6.02. The van der Waals surface area contributed by atoms with Gasteiger partial charge < -0.3 is 4.74 Å². The van der Waals surface area contributed by atoms with Gasteiger partial charge in [0.15, 0.2) is 0 Å². The minimum absolute atomic E-state index is 0.257. The van der Waals surface area contributed by atoms with Gasteiger partial charge in [-0.2, -0.15) is 0 Å². The van der Waals surface area contributed by atoms with E-state index in [1.807, 2.05) is 31.2 Å². The minimum atomic E-state index is -0.257. The van der Waals surface area contributed by atoms with Crippen LogP contribution in [-0.4, -0.2) is 7.11 Å². The van der Waals surface area contributed by atoms with Crippen molar-refractivity contribution in [3.8, 4) is 16.9 Å². The van der Waals surface area contributed by atoms with Crippen molar-refractivity contribution in [1.29, 1.82) is 0 Å². The number of halogens is 2. The number of rotatable bonds is 2. The Hall–Kier alpha value is -1.35. The maximum atomic E-state index is 13.9. The predicted octanol–water partition coefficient (Wildman–Crippen LogP) is 4.57. The largest absolute Gasteiger partial charge is 0.496 e. The second-order valence-corrected chi connectivity index (χ2v) is 4.55. The second kappa shape index (κ2) is 4.88. The van der Waals surface area contributed by atoms with Gasteiger partial charge in [-0.1, -0.05) is 24.3 Å². The van der Waals surface area contributed by atoms with Crippen molar-refractivity contribution < 1.29 is 9.13 Å². The zero-order chi connectivity index (χ0) is 12.4. The van der Waals surface area contributed by atoms with Gasteiger partial charge in [-0.05, 0) is 46.1 Å². The Labute approximate surface area is 108 Å². The first-order valence-electron chi connectivity index (χ1n) is 5.23. The van der Waals surface area contributed by atoms with E-state index < -0.39 is 0 Å². The van der Waals surface area contributed by atoms with Crippen molar-refractivity contribution in [3.63, 3.8) is 0 Å². The van der Waals surface area contributed by atoms with Gasteiger partial charge >= 0.3 is 0 Å². The van der Waals surface area contributed by atoms with Crippen molar-refractivity contribution in [2.45, 2.75) is 6.92 Å². The number of hydrogen-bond acceptors (Lipinski definition) is 1. The average Bonchev–Trinajstić information content (AvgIpc) is 2.32. The monoisotopic (exact) mass is 294 g/mol. The number of hydrogen-bond donors (Lipinski definition) is 0. The number of methoxy groups -OCH3 is 1. The molecule has 0 spiro atoms. The van der Waals surface area contributed by atoms with Crippen LogP contribution in [0, 0.1) is 12.7 Å². The molecule has 0 aliphatic carbocycles. The summed E-state index contributed by atoms with van der Waals surface area (Å²) in [7, 11) is 1.57. The summed E-state index contributed by atoms with van der Waals surface area (Å²) in [6.07, 6.45) is 0. The van der Waals surface area contributed by atoms with Crippen LogP contribution in [0.1, 0.15) is 5.56 Å². The summed E-state index contributed by atoms with van der Waals surface area (Å²) >= 11 is 3.40. The van der Waals surface area contributed by atoms with Gasteiger partial charge in [0.1, 0.15) is 11.6 Å². The van der Waals surface area contributed by atoms with Crippen LogP contribution < -0.4 is 4.74 Å². The van der Waals surface area contributed by atoms with Gasteiger partial charge in [-0.3, -0.25) is 0 Å². The van der Waals surface area contributed by atoms with Crippen molar-refractivity contribution in [2.24, 2.45) is 0 Å². The van der Waals surface area contributed by atoms with Gasteiger partial charge in [0.25, 0.3) is 0 Å². The molecule has 0 saturated carbocycles. The first kappa shape index (κ1) is 12.1. The molecule has 0 N–H and O–H groups in total. The Morgan fingerprint density at radius 2 is 1.82 bits per heavy atom. The minimum Gasteiger partial charge on any atom is -0.496 e. The maximum absolute atomic E-state index is 13.9. The molecule has 0 amide bonds. The normalized spacial score (nSPS) is 10.4. The average molecular weight is 295 g/mol. The summed E-state index contributed by atoms with van der Waals surface area (Å²) in [6, 6.07) is 10.7. The number of aryl methyl sites for hydroxylation is 1. The van der Waals surface area contributed by atoms with Gasteiger partial charge in [0.05, 0.1) is 11.6 Å². The maximum Gasteiger partial charge on any atom is 0.133 e. The van der Waals surface area contributed by atoms with E-state index in [2.05, 4.69) is 15.9 Å². The highest BCUT2D eigenvalue weighted by molar-refractivity contribution is 9.10. The van der Waals surface area contributed by atoms with Gasteiger partial charge in [-0.25, -0.2) is 4.39 Å². The quantitative estimate of drug-likeness (QED) is 0.788. The molecule has 3 heteroatoms. The Morgan fingerprint density at radius 3 is 2.47 bits per heavy atom. The smallest absolute Gasteiger partial charge is 0.133 e. The fourth-order valence-corrected chi connectivity index (χ4v) is 2.49. The van der Waals surface area contributed by atoms with E-state index in [-0.39, 0.29) is 5.82 Å². The molecule has 0 atom stereocenters. The molecule has 0 aliphatic heterocycles. The van der Waals surface area contributed by atoms with Crippen LogP contribution in [-0.2, 0) is 0 Å². The van der Waals surface area contributed by atoms with Crippen molar-refractivity contribution >= 4 is 15.9 Å². The molecule has 2 aromatic carbocycles. The molecular weight excluding hydrogens is 283 g/mol. The van der Waals surface area contributed by atoms with E-state index in [9.17, 15) is 4.39 Å². The van der Waals surface area contributed by atoms with Crippen LogP contribution in [0.4, 0.5) is 4.39 Å².